The maximum atomic E-state index is 12.1. The normalized spacial score (nSPS) is 12.2. The summed E-state index contributed by atoms with van der Waals surface area (Å²) in [5, 5.41) is 0. The van der Waals surface area contributed by atoms with Crippen LogP contribution in [0, 0.1) is 6.92 Å². The third-order valence-corrected chi connectivity index (χ3v) is 4.26. The number of para-hydroxylation sites is 1. The summed E-state index contributed by atoms with van der Waals surface area (Å²) in [5.41, 5.74) is 7.28. The van der Waals surface area contributed by atoms with Gasteiger partial charge in [0.2, 0.25) is 5.91 Å². The van der Waals surface area contributed by atoms with E-state index in [-0.39, 0.29) is 11.7 Å². The highest BCUT2D eigenvalue weighted by atomic mass is 32.2. The van der Waals surface area contributed by atoms with Gasteiger partial charge in [-0.3, -0.25) is 9.00 Å². The minimum atomic E-state index is -1.38. The highest BCUT2D eigenvalue weighted by molar-refractivity contribution is 7.86. The van der Waals surface area contributed by atoms with Gasteiger partial charge in [-0.1, -0.05) is 12.1 Å². The van der Waals surface area contributed by atoms with Gasteiger partial charge < -0.3 is 10.6 Å². The molecular formula is C13H20N2O2S. The molecule has 18 heavy (non-hydrogen) atoms. The highest BCUT2D eigenvalue weighted by Gasteiger charge is 2.16. The third-order valence-electron chi connectivity index (χ3n) is 2.90. The molecule has 0 spiro atoms. The second-order valence-corrected chi connectivity index (χ2v) is 5.46. The molecule has 0 aliphatic carbocycles. The van der Waals surface area contributed by atoms with Gasteiger partial charge in [0.1, 0.15) is 5.75 Å². The van der Waals surface area contributed by atoms with Crippen LogP contribution in [0.25, 0.3) is 0 Å². The topological polar surface area (TPSA) is 63.4 Å². The van der Waals surface area contributed by atoms with E-state index in [2.05, 4.69) is 0 Å². The van der Waals surface area contributed by atoms with E-state index in [4.69, 9.17) is 5.73 Å². The number of anilines is 1. The number of nitrogens with zero attached hydrogens (tertiary/aromatic N) is 1. The number of amides is 1. The molecular weight excluding hydrogens is 248 g/mol. The van der Waals surface area contributed by atoms with Crippen molar-refractivity contribution in [2.75, 3.05) is 24.6 Å². The average Bonchev–Trinajstić information content (AvgIpc) is 2.34. The lowest BCUT2D eigenvalue weighted by atomic mass is 10.2. The molecule has 0 radical (unpaired) electrons. The summed E-state index contributed by atoms with van der Waals surface area (Å²) >= 11 is 0. The SMILES string of the molecule is CCN(CC)C(=O)CS(=O)c1cccc(C)c1N. The number of aryl methyl sites for hydroxylation is 1. The number of benzene rings is 1. The molecule has 0 aliphatic rings. The highest BCUT2D eigenvalue weighted by Crippen LogP contribution is 2.20. The van der Waals surface area contributed by atoms with Crippen LogP contribution in [0.15, 0.2) is 23.1 Å². The molecule has 0 saturated heterocycles. The zero-order valence-electron chi connectivity index (χ0n) is 11.1. The van der Waals surface area contributed by atoms with Gasteiger partial charge in [0, 0.05) is 13.1 Å². The van der Waals surface area contributed by atoms with E-state index in [1.165, 1.54) is 0 Å². The van der Waals surface area contributed by atoms with E-state index in [0.717, 1.165) is 5.56 Å². The number of nitrogen functional groups attached to an aromatic ring is 1. The summed E-state index contributed by atoms with van der Waals surface area (Å²) in [4.78, 5) is 14.1. The number of hydrogen-bond acceptors (Lipinski definition) is 3. The molecule has 0 heterocycles. The molecule has 0 fully saturated rings. The van der Waals surface area contributed by atoms with Crippen LogP contribution in [0.2, 0.25) is 0 Å². The first-order valence-electron chi connectivity index (χ1n) is 6.02. The van der Waals surface area contributed by atoms with Crippen LogP contribution in [0.1, 0.15) is 19.4 Å². The van der Waals surface area contributed by atoms with Crippen LogP contribution in [0.3, 0.4) is 0 Å². The van der Waals surface area contributed by atoms with Crippen LogP contribution in [0.4, 0.5) is 5.69 Å². The minimum absolute atomic E-state index is 0.00463. The molecule has 0 aliphatic heterocycles. The minimum Gasteiger partial charge on any atom is -0.398 e. The van der Waals surface area contributed by atoms with Crippen molar-refractivity contribution in [1.82, 2.24) is 4.90 Å². The Balaban J connectivity index is 2.83. The molecule has 1 rings (SSSR count). The summed E-state index contributed by atoms with van der Waals surface area (Å²) in [5.74, 6) is -0.103. The molecule has 4 nitrogen and oxygen atoms in total. The molecule has 1 atom stereocenters. The Kier molecular flexibility index (Phi) is 5.34. The summed E-state index contributed by atoms with van der Waals surface area (Å²) in [7, 11) is -1.38. The van der Waals surface area contributed by atoms with Crippen LogP contribution in [-0.4, -0.2) is 33.9 Å². The standard InChI is InChI=1S/C13H20N2O2S/c1-4-15(5-2)12(16)9-18(17)11-8-6-7-10(3)13(11)14/h6-8H,4-5,9,14H2,1-3H3. The summed E-state index contributed by atoms with van der Waals surface area (Å²) in [6.07, 6.45) is 0. The number of hydrogen-bond donors (Lipinski definition) is 1. The molecule has 1 unspecified atom stereocenters. The van der Waals surface area contributed by atoms with Gasteiger partial charge in [0.05, 0.1) is 21.4 Å². The molecule has 0 saturated carbocycles. The first-order valence-corrected chi connectivity index (χ1v) is 7.34. The second kappa shape index (κ2) is 6.54. The number of carbonyl (C=O) groups excluding carboxylic acids is 1. The van der Waals surface area contributed by atoms with Gasteiger partial charge >= 0.3 is 0 Å². The Morgan fingerprint density at radius 2 is 1.94 bits per heavy atom. The fraction of sp³-hybridized carbons (Fsp3) is 0.462. The smallest absolute Gasteiger partial charge is 0.235 e. The van der Waals surface area contributed by atoms with Gasteiger partial charge in [0.25, 0.3) is 0 Å². The Bertz CT molecular complexity index is 456. The molecule has 0 aromatic heterocycles. The van der Waals surface area contributed by atoms with Gasteiger partial charge in [0.15, 0.2) is 0 Å². The van der Waals surface area contributed by atoms with Crippen molar-refractivity contribution in [2.45, 2.75) is 25.7 Å². The van der Waals surface area contributed by atoms with E-state index in [1.54, 1.807) is 17.0 Å². The molecule has 2 N–H and O–H groups in total. The van der Waals surface area contributed by atoms with E-state index in [9.17, 15) is 9.00 Å². The maximum absolute atomic E-state index is 12.1. The lowest BCUT2D eigenvalue weighted by Gasteiger charge is -2.18. The van der Waals surface area contributed by atoms with Crippen LogP contribution >= 0.6 is 0 Å². The van der Waals surface area contributed by atoms with E-state index >= 15 is 0 Å². The first-order chi connectivity index (χ1) is 8.51. The molecule has 1 amide bonds. The number of rotatable bonds is 5. The van der Waals surface area contributed by atoms with Crippen molar-refractivity contribution in [2.24, 2.45) is 0 Å². The number of nitrogens with two attached hydrogens (primary N) is 1. The van der Waals surface area contributed by atoms with Crippen LogP contribution in [-0.2, 0) is 15.6 Å². The van der Waals surface area contributed by atoms with Crippen molar-refractivity contribution in [3.8, 4) is 0 Å². The van der Waals surface area contributed by atoms with Crippen molar-refractivity contribution in [3.05, 3.63) is 23.8 Å². The zero-order valence-corrected chi connectivity index (χ0v) is 11.9. The summed E-state index contributed by atoms with van der Waals surface area (Å²) < 4.78 is 12.1. The van der Waals surface area contributed by atoms with Crippen LogP contribution in [0.5, 0.6) is 0 Å². The maximum Gasteiger partial charge on any atom is 0.235 e. The number of carbonyl (C=O) groups is 1. The van der Waals surface area contributed by atoms with Crippen molar-refractivity contribution in [1.29, 1.82) is 0 Å². The average molecular weight is 268 g/mol. The Hall–Kier alpha value is -1.36. The Morgan fingerprint density at radius 1 is 1.33 bits per heavy atom. The fourth-order valence-corrected chi connectivity index (χ4v) is 2.91. The third kappa shape index (κ3) is 3.32. The predicted molar refractivity (Wildman–Crippen MR) is 74.8 cm³/mol. The molecule has 100 valence electrons. The quantitative estimate of drug-likeness (QED) is 0.824. The lowest BCUT2D eigenvalue weighted by molar-refractivity contribution is -0.128. The summed E-state index contributed by atoms with van der Waals surface area (Å²) in [6, 6.07) is 5.39. The van der Waals surface area contributed by atoms with Gasteiger partial charge in [-0.15, -0.1) is 0 Å². The van der Waals surface area contributed by atoms with Crippen molar-refractivity contribution in [3.63, 3.8) is 0 Å². The second-order valence-electron chi connectivity index (χ2n) is 4.04. The molecule has 5 heteroatoms. The van der Waals surface area contributed by atoms with Crippen LogP contribution < -0.4 is 5.73 Å². The summed E-state index contributed by atoms with van der Waals surface area (Å²) in [6.45, 7) is 6.95. The lowest BCUT2D eigenvalue weighted by Crippen LogP contribution is -2.34. The molecule has 1 aromatic carbocycles. The Labute approximate surface area is 111 Å². The predicted octanol–water partition coefficient (Wildman–Crippen LogP) is 1.55. The fourth-order valence-electron chi connectivity index (χ4n) is 1.71. The van der Waals surface area contributed by atoms with Crippen molar-refractivity contribution < 1.29 is 9.00 Å². The largest absolute Gasteiger partial charge is 0.398 e. The van der Waals surface area contributed by atoms with E-state index < -0.39 is 10.8 Å². The molecule has 0 bridgehead atoms. The van der Waals surface area contributed by atoms with Gasteiger partial charge in [-0.2, -0.15) is 0 Å². The van der Waals surface area contributed by atoms with Gasteiger partial charge in [-0.05, 0) is 32.4 Å². The van der Waals surface area contributed by atoms with Crippen molar-refractivity contribution >= 4 is 22.4 Å². The molecule has 1 aromatic rings. The van der Waals surface area contributed by atoms with Gasteiger partial charge in [-0.25, -0.2) is 0 Å². The van der Waals surface area contributed by atoms with E-state index in [1.807, 2.05) is 26.8 Å². The Morgan fingerprint density at radius 3 is 2.50 bits per heavy atom. The van der Waals surface area contributed by atoms with E-state index in [0.29, 0.717) is 23.7 Å². The monoisotopic (exact) mass is 268 g/mol. The first kappa shape index (κ1) is 14.7. The zero-order chi connectivity index (χ0) is 13.7.